The zero-order chi connectivity index (χ0) is 18.9. The first kappa shape index (κ1) is 18.5. The van der Waals surface area contributed by atoms with Gasteiger partial charge in [-0.3, -0.25) is 4.79 Å². The van der Waals surface area contributed by atoms with Crippen LogP contribution in [0.1, 0.15) is 54.2 Å². The molecule has 0 spiro atoms. The van der Waals surface area contributed by atoms with E-state index in [9.17, 15) is 17.6 Å². The molecule has 3 rings (SSSR count). The molecule has 0 atom stereocenters. The van der Waals surface area contributed by atoms with Crippen molar-refractivity contribution in [3.8, 4) is 0 Å². The number of aromatic nitrogens is 2. The summed E-state index contributed by atoms with van der Waals surface area (Å²) in [5, 5.41) is 8.92. The summed E-state index contributed by atoms with van der Waals surface area (Å²) in [5.74, 6) is -0.359. The first-order valence-electron chi connectivity index (χ1n) is 8.23. The fourth-order valence-corrected chi connectivity index (χ4v) is 3.21. The molecule has 1 aromatic carbocycles. The van der Waals surface area contributed by atoms with E-state index in [2.05, 4.69) is 10.1 Å². The van der Waals surface area contributed by atoms with Crippen LogP contribution in [0.5, 0.6) is 0 Å². The van der Waals surface area contributed by atoms with E-state index in [0.717, 1.165) is 37.5 Å². The lowest BCUT2D eigenvalue weighted by Gasteiger charge is -2.21. The van der Waals surface area contributed by atoms with Gasteiger partial charge in [-0.15, -0.1) is 0 Å². The highest BCUT2D eigenvalue weighted by molar-refractivity contribution is 7.89. The number of carbonyl (C=O) groups excluding carboxylic acids is 1. The Hall–Kier alpha value is -2.33. The Morgan fingerprint density at radius 3 is 2.73 bits per heavy atom. The van der Waals surface area contributed by atoms with Gasteiger partial charge in [-0.25, -0.2) is 17.9 Å². The van der Waals surface area contributed by atoms with Gasteiger partial charge >= 0.3 is 0 Å². The number of sulfonamides is 1. The first-order valence-corrected chi connectivity index (χ1v) is 9.78. The highest BCUT2D eigenvalue weighted by Crippen LogP contribution is 2.35. The summed E-state index contributed by atoms with van der Waals surface area (Å²) in [6.07, 6.45) is 3.13. The number of rotatable bonds is 6. The molecule has 2 aromatic rings. The van der Waals surface area contributed by atoms with E-state index in [0.29, 0.717) is 11.7 Å². The topological polar surface area (TPSA) is 119 Å². The van der Waals surface area contributed by atoms with Gasteiger partial charge in [-0.05, 0) is 38.0 Å². The van der Waals surface area contributed by atoms with Crippen molar-refractivity contribution < 1.29 is 22.1 Å². The summed E-state index contributed by atoms with van der Waals surface area (Å²) in [7, 11) is -4.05. The zero-order valence-electron chi connectivity index (χ0n) is 14.2. The maximum absolute atomic E-state index is 14.1. The Morgan fingerprint density at radius 1 is 1.42 bits per heavy atom. The Labute approximate surface area is 150 Å². The first-order chi connectivity index (χ1) is 12.3. The molecule has 1 aliphatic rings. The molecule has 10 heteroatoms. The van der Waals surface area contributed by atoms with Gasteiger partial charge in [-0.2, -0.15) is 4.98 Å². The molecular weight excluding hydrogens is 363 g/mol. The molecule has 0 unspecified atom stereocenters. The van der Waals surface area contributed by atoms with Crippen molar-refractivity contribution in [2.45, 2.75) is 43.5 Å². The Bertz CT molecular complexity index is 924. The van der Waals surface area contributed by atoms with Gasteiger partial charge < -0.3 is 9.42 Å². The number of hydrogen-bond acceptors (Lipinski definition) is 6. The molecule has 1 amide bonds. The quantitative estimate of drug-likeness (QED) is 0.813. The predicted molar refractivity (Wildman–Crippen MR) is 89.1 cm³/mol. The van der Waals surface area contributed by atoms with Crippen LogP contribution in [0, 0.1) is 5.82 Å². The Morgan fingerprint density at radius 2 is 2.15 bits per heavy atom. The smallest absolute Gasteiger partial charge is 0.257 e. The molecule has 1 aromatic heterocycles. The minimum Gasteiger partial charge on any atom is -0.339 e. The summed E-state index contributed by atoms with van der Waals surface area (Å²) in [6, 6.07) is 2.86. The van der Waals surface area contributed by atoms with E-state index in [4.69, 9.17) is 9.66 Å². The van der Waals surface area contributed by atoms with E-state index in [-0.39, 0.29) is 29.5 Å². The molecular formula is C16H19FN4O4S. The lowest BCUT2D eigenvalue weighted by Crippen LogP contribution is -2.31. The summed E-state index contributed by atoms with van der Waals surface area (Å²) >= 11 is 0. The third-order valence-corrected chi connectivity index (χ3v) is 5.35. The third kappa shape index (κ3) is 3.75. The lowest BCUT2D eigenvalue weighted by molar-refractivity contribution is 0.0742. The lowest BCUT2D eigenvalue weighted by atomic mass is 9.85. The van der Waals surface area contributed by atoms with Gasteiger partial charge in [0.15, 0.2) is 5.82 Å². The molecule has 26 heavy (non-hydrogen) atoms. The second kappa shape index (κ2) is 7.12. The van der Waals surface area contributed by atoms with E-state index < -0.39 is 21.7 Å². The second-order valence-electron chi connectivity index (χ2n) is 6.18. The molecule has 1 aliphatic carbocycles. The molecule has 1 saturated carbocycles. The van der Waals surface area contributed by atoms with Gasteiger partial charge in [0.1, 0.15) is 5.82 Å². The van der Waals surface area contributed by atoms with Gasteiger partial charge in [-0.1, -0.05) is 11.6 Å². The van der Waals surface area contributed by atoms with Crippen LogP contribution in [0.25, 0.3) is 0 Å². The fraction of sp³-hybridized carbons (Fsp3) is 0.438. The maximum Gasteiger partial charge on any atom is 0.257 e. The highest BCUT2D eigenvalue weighted by atomic mass is 32.2. The van der Waals surface area contributed by atoms with E-state index >= 15 is 0 Å². The van der Waals surface area contributed by atoms with Crippen LogP contribution in [0.2, 0.25) is 0 Å². The third-order valence-electron chi connectivity index (χ3n) is 4.44. The molecule has 0 saturated heterocycles. The monoisotopic (exact) mass is 382 g/mol. The molecule has 140 valence electrons. The number of carbonyl (C=O) groups is 1. The molecule has 2 N–H and O–H groups in total. The van der Waals surface area contributed by atoms with E-state index in [1.54, 1.807) is 6.92 Å². The number of halogens is 1. The van der Waals surface area contributed by atoms with Crippen LogP contribution in [-0.4, -0.2) is 35.9 Å². The van der Waals surface area contributed by atoms with Crippen LogP contribution in [0.15, 0.2) is 27.6 Å². The fourth-order valence-electron chi connectivity index (χ4n) is 2.67. The number of hydrogen-bond donors (Lipinski definition) is 1. The summed E-state index contributed by atoms with van der Waals surface area (Å²) in [5.41, 5.74) is -0.374. The number of nitrogens with zero attached hydrogens (tertiary/aromatic N) is 3. The SMILES string of the molecule is CCN(Cc1noc(C2CCC2)n1)C(=O)c1cc(S(N)(=O)=O)ccc1F. The average Bonchev–Trinajstić information content (AvgIpc) is 2.97. The molecule has 1 fully saturated rings. The van der Waals surface area contributed by atoms with Crippen molar-refractivity contribution in [3.05, 3.63) is 41.3 Å². The van der Waals surface area contributed by atoms with Crippen LogP contribution < -0.4 is 5.14 Å². The van der Waals surface area contributed by atoms with Crippen molar-refractivity contribution in [2.24, 2.45) is 5.14 Å². The molecule has 0 bridgehead atoms. The van der Waals surface area contributed by atoms with Crippen molar-refractivity contribution in [2.75, 3.05) is 6.54 Å². The minimum absolute atomic E-state index is 0.0323. The number of primary sulfonamides is 1. The minimum atomic E-state index is -4.05. The molecule has 1 heterocycles. The maximum atomic E-state index is 14.1. The zero-order valence-corrected chi connectivity index (χ0v) is 15.0. The van der Waals surface area contributed by atoms with Crippen molar-refractivity contribution >= 4 is 15.9 Å². The number of benzene rings is 1. The van der Waals surface area contributed by atoms with Crippen LogP contribution >= 0.6 is 0 Å². The van der Waals surface area contributed by atoms with Gasteiger partial charge in [0.05, 0.1) is 17.0 Å². The van der Waals surface area contributed by atoms with Gasteiger partial charge in [0.2, 0.25) is 15.9 Å². The largest absolute Gasteiger partial charge is 0.339 e. The molecule has 8 nitrogen and oxygen atoms in total. The summed E-state index contributed by atoms with van der Waals surface area (Å²) in [6.45, 7) is 2.00. The predicted octanol–water partition coefficient (Wildman–Crippen LogP) is 1.79. The van der Waals surface area contributed by atoms with Gasteiger partial charge in [0.25, 0.3) is 5.91 Å². The summed E-state index contributed by atoms with van der Waals surface area (Å²) in [4.78, 5) is 17.9. The number of nitrogens with two attached hydrogens (primary N) is 1. The number of amides is 1. The van der Waals surface area contributed by atoms with Crippen LogP contribution in [0.3, 0.4) is 0 Å². The van der Waals surface area contributed by atoms with E-state index in [1.807, 2.05) is 0 Å². The highest BCUT2D eigenvalue weighted by Gasteiger charge is 2.27. The second-order valence-corrected chi connectivity index (χ2v) is 7.74. The Kier molecular flexibility index (Phi) is 5.05. The normalized spacial score (nSPS) is 14.9. The van der Waals surface area contributed by atoms with Crippen LogP contribution in [0.4, 0.5) is 4.39 Å². The summed E-state index contributed by atoms with van der Waals surface area (Å²) < 4.78 is 42.2. The standard InChI is InChI=1S/C16H19FN4O4S/c1-2-21(9-14-19-15(25-20-14)10-4-3-5-10)16(22)12-8-11(26(18,23)24)6-7-13(12)17/h6-8,10H,2-5,9H2,1H3,(H2,18,23,24). The van der Waals surface area contributed by atoms with Crippen LogP contribution in [-0.2, 0) is 16.6 Å². The van der Waals surface area contributed by atoms with Crippen molar-refractivity contribution in [1.82, 2.24) is 15.0 Å². The van der Waals surface area contributed by atoms with Gasteiger partial charge in [0, 0.05) is 12.5 Å². The average molecular weight is 382 g/mol. The Balaban J connectivity index is 1.81. The molecule has 0 radical (unpaired) electrons. The van der Waals surface area contributed by atoms with Crippen molar-refractivity contribution in [1.29, 1.82) is 0 Å². The van der Waals surface area contributed by atoms with Crippen molar-refractivity contribution in [3.63, 3.8) is 0 Å². The molecule has 0 aliphatic heterocycles. The van der Waals surface area contributed by atoms with E-state index in [1.165, 1.54) is 4.90 Å².